The van der Waals surface area contributed by atoms with Gasteiger partial charge in [-0.3, -0.25) is 4.90 Å². The van der Waals surface area contributed by atoms with Crippen molar-refractivity contribution in [2.75, 3.05) is 33.4 Å². The van der Waals surface area contributed by atoms with Gasteiger partial charge in [-0.05, 0) is 37.1 Å². The molecule has 0 spiro atoms. The molecule has 1 aromatic carbocycles. The maximum atomic E-state index is 13.3. The summed E-state index contributed by atoms with van der Waals surface area (Å²) < 4.78 is 61.7. The van der Waals surface area contributed by atoms with Crippen molar-refractivity contribution in [3.63, 3.8) is 0 Å². The molecule has 2 N–H and O–H groups in total. The molecule has 0 saturated heterocycles. The monoisotopic (exact) mass is 578 g/mol. The Morgan fingerprint density at radius 3 is 2.70 bits per heavy atom. The highest BCUT2D eigenvalue weighted by Crippen LogP contribution is 2.42. The quantitative estimate of drug-likeness (QED) is 0.233. The van der Waals surface area contributed by atoms with Crippen molar-refractivity contribution in [1.82, 2.24) is 9.21 Å². The normalized spacial score (nSPS) is 17.1. The number of hydrogen-bond acceptors (Lipinski definition) is 11. The molecule has 37 heavy (non-hydrogen) atoms. The van der Waals surface area contributed by atoms with E-state index in [0.29, 0.717) is 29.9 Å². The molecule has 0 fully saturated rings. The van der Waals surface area contributed by atoms with Gasteiger partial charge in [-0.1, -0.05) is 12.1 Å². The SMILES string of the molecule is CCN(C(=O)Oc1cccc(CO[N+](=O)[O-])c1)[C@H]1CN(CCCOC)S(=O)(=O)c2sc(S(N)(=O)=O)cc21. The fraction of sp³-hybridized carbons (Fsp3) is 0.450. The van der Waals surface area contributed by atoms with Crippen molar-refractivity contribution in [1.29, 1.82) is 0 Å². The molecule has 2 heterocycles. The van der Waals surface area contributed by atoms with Gasteiger partial charge in [-0.15, -0.1) is 21.5 Å². The van der Waals surface area contributed by atoms with Crippen LogP contribution in [0.1, 0.15) is 30.5 Å². The molecule has 0 saturated carbocycles. The van der Waals surface area contributed by atoms with Gasteiger partial charge in [-0.25, -0.2) is 26.8 Å². The van der Waals surface area contributed by atoms with Gasteiger partial charge in [0.1, 0.15) is 20.8 Å². The molecule has 3 rings (SSSR count). The van der Waals surface area contributed by atoms with Crippen LogP contribution in [0, 0.1) is 10.1 Å². The zero-order valence-electron chi connectivity index (χ0n) is 19.9. The van der Waals surface area contributed by atoms with Crippen LogP contribution in [-0.2, 0) is 36.2 Å². The van der Waals surface area contributed by atoms with Crippen LogP contribution in [0.4, 0.5) is 4.79 Å². The Morgan fingerprint density at radius 1 is 1.35 bits per heavy atom. The number of primary sulfonamides is 1. The number of thiophene rings is 1. The molecular formula is C20H26N4O10S3. The summed E-state index contributed by atoms with van der Waals surface area (Å²) in [6.45, 7) is 1.65. The second-order valence-corrected chi connectivity index (χ2v) is 12.9. The van der Waals surface area contributed by atoms with Crippen LogP contribution in [0.5, 0.6) is 5.75 Å². The van der Waals surface area contributed by atoms with E-state index in [9.17, 15) is 31.7 Å². The van der Waals surface area contributed by atoms with E-state index in [0.717, 1.165) is 0 Å². The van der Waals surface area contributed by atoms with E-state index in [1.54, 1.807) is 13.0 Å². The van der Waals surface area contributed by atoms with Crippen molar-refractivity contribution in [2.45, 2.75) is 34.4 Å². The van der Waals surface area contributed by atoms with Crippen LogP contribution in [0.2, 0.25) is 0 Å². The molecule has 1 aliphatic rings. The molecule has 1 aliphatic heterocycles. The number of amides is 1. The van der Waals surface area contributed by atoms with Crippen LogP contribution in [0.3, 0.4) is 0 Å². The predicted molar refractivity (Wildman–Crippen MR) is 130 cm³/mol. The summed E-state index contributed by atoms with van der Waals surface area (Å²) in [4.78, 5) is 29.3. The van der Waals surface area contributed by atoms with E-state index in [-0.39, 0.29) is 46.0 Å². The van der Waals surface area contributed by atoms with Crippen LogP contribution < -0.4 is 9.88 Å². The Labute approximate surface area is 217 Å². The Balaban J connectivity index is 1.95. The summed E-state index contributed by atoms with van der Waals surface area (Å²) in [7, 11) is -6.78. The smallest absolute Gasteiger partial charge is 0.410 e. The lowest BCUT2D eigenvalue weighted by Gasteiger charge is -2.37. The number of nitrogens with zero attached hydrogens (tertiary/aromatic N) is 3. The molecule has 0 bridgehead atoms. The predicted octanol–water partition coefficient (Wildman–Crippen LogP) is 1.71. The van der Waals surface area contributed by atoms with E-state index >= 15 is 0 Å². The van der Waals surface area contributed by atoms with Crippen LogP contribution in [0.25, 0.3) is 0 Å². The summed E-state index contributed by atoms with van der Waals surface area (Å²) >= 11 is 0.528. The highest BCUT2D eigenvalue weighted by molar-refractivity contribution is 7.94. The van der Waals surface area contributed by atoms with Gasteiger partial charge in [0.15, 0.2) is 0 Å². The molecular weight excluding hydrogens is 552 g/mol. The number of rotatable bonds is 11. The lowest BCUT2D eigenvalue weighted by atomic mass is 10.1. The first-order valence-electron chi connectivity index (χ1n) is 10.9. The second-order valence-electron chi connectivity index (χ2n) is 7.88. The number of methoxy groups -OCH3 is 1. The number of benzene rings is 1. The molecule has 0 unspecified atom stereocenters. The third-order valence-corrected chi connectivity index (χ3v) is 10.4. The highest BCUT2D eigenvalue weighted by atomic mass is 32.3. The minimum atomic E-state index is -4.21. The minimum absolute atomic E-state index is 0.0831. The standard InChI is InChI=1S/C20H26N4O10S3/c1-3-23(20(25)34-15-7-4-6-14(10-15)13-33-24(26)27)17-12-22(8-5-9-32-2)37(30,31)19-16(17)11-18(35-19)36(21,28)29/h4,6-7,10-11,17H,3,5,8-9,12-13H2,1-2H3,(H2,21,28,29)/t17-/m0/s1. The number of fused-ring (bicyclic) bond motifs is 1. The van der Waals surface area contributed by atoms with Crippen LogP contribution >= 0.6 is 11.3 Å². The molecule has 0 radical (unpaired) electrons. The molecule has 2 aromatic rings. The first kappa shape index (κ1) is 28.7. The van der Waals surface area contributed by atoms with Crippen LogP contribution in [-0.4, -0.2) is 70.6 Å². The summed E-state index contributed by atoms with van der Waals surface area (Å²) in [6.07, 6.45) is -0.453. The van der Waals surface area contributed by atoms with Crippen molar-refractivity contribution >= 4 is 37.5 Å². The maximum Gasteiger partial charge on any atom is 0.415 e. The zero-order chi connectivity index (χ0) is 27.4. The Hall–Kier alpha value is -2.83. The number of likely N-dealkylation sites (N-methyl/N-ethyl adjacent to an activating group) is 1. The molecule has 17 heteroatoms. The van der Waals surface area contributed by atoms with Crippen molar-refractivity contribution < 1.29 is 41.0 Å². The van der Waals surface area contributed by atoms with E-state index in [2.05, 4.69) is 4.84 Å². The molecule has 1 aromatic heterocycles. The number of ether oxygens (including phenoxy) is 2. The van der Waals surface area contributed by atoms with Gasteiger partial charge in [-0.2, -0.15) is 4.31 Å². The molecule has 14 nitrogen and oxygen atoms in total. The Kier molecular flexibility index (Phi) is 9.09. The van der Waals surface area contributed by atoms with Crippen molar-refractivity contribution in [2.24, 2.45) is 5.14 Å². The fourth-order valence-corrected chi connectivity index (χ4v) is 8.06. The lowest BCUT2D eigenvalue weighted by molar-refractivity contribution is -0.763. The Morgan fingerprint density at radius 2 is 2.08 bits per heavy atom. The largest absolute Gasteiger partial charge is 0.415 e. The first-order chi connectivity index (χ1) is 17.4. The van der Waals surface area contributed by atoms with E-state index in [1.165, 1.54) is 40.6 Å². The van der Waals surface area contributed by atoms with Gasteiger partial charge in [0.05, 0.1) is 6.04 Å². The van der Waals surface area contributed by atoms with Crippen LogP contribution in [0.15, 0.2) is 38.8 Å². The average Bonchev–Trinajstić information content (AvgIpc) is 3.29. The van der Waals surface area contributed by atoms with Gasteiger partial charge in [0.2, 0.25) is 10.0 Å². The number of hydrogen-bond donors (Lipinski definition) is 1. The molecule has 1 amide bonds. The topological polar surface area (TPSA) is 189 Å². The molecule has 204 valence electrons. The average molecular weight is 579 g/mol. The van der Waals surface area contributed by atoms with Crippen molar-refractivity contribution in [3.8, 4) is 5.75 Å². The van der Waals surface area contributed by atoms with Gasteiger partial charge < -0.3 is 14.3 Å². The number of nitrogens with two attached hydrogens (primary N) is 1. The summed E-state index contributed by atoms with van der Waals surface area (Å²) in [6, 6.07) is 6.25. The summed E-state index contributed by atoms with van der Waals surface area (Å²) in [5, 5.41) is 14.8. The summed E-state index contributed by atoms with van der Waals surface area (Å²) in [5.41, 5.74) is 0.514. The minimum Gasteiger partial charge on any atom is -0.410 e. The number of carbonyl (C=O) groups excluding carboxylic acids is 1. The number of carbonyl (C=O) groups is 1. The molecule has 0 aliphatic carbocycles. The van der Waals surface area contributed by atoms with Gasteiger partial charge in [0, 0.05) is 38.9 Å². The highest BCUT2D eigenvalue weighted by Gasteiger charge is 2.43. The maximum absolute atomic E-state index is 13.3. The first-order valence-corrected chi connectivity index (χ1v) is 14.7. The lowest BCUT2D eigenvalue weighted by Crippen LogP contribution is -2.47. The third kappa shape index (κ3) is 6.74. The van der Waals surface area contributed by atoms with Gasteiger partial charge in [0.25, 0.3) is 15.1 Å². The third-order valence-electron chi connectivity index (χ3n) is 5.44. The number of sulfonamides is 2. The second kappa shape index (κ2) is 11.7. The van der Waals surface area contributed by atoms with Crippen molar-refractivity contribution in [3.05, 3.63) is 51.6 Å². The fourth-order valence-electron chi connectivity index (χ4n) is 3.77. The molecule has 1 atom stereocenters. The zero-order valence-corrected chi connectivity index (χ0v) is 22.4. The van der Waals surface area contributed by atoms with E-state index in [1.807, 2.05) is 0 Å². The van der Waals surface area contributed by atoms with E-state index < -0.39 is 37.3 Å². The Bertz CT molecular complexity index is 1360. The summed E-state index contributed by atoms with van der Waals surface area (Å²) in [5.74, 6) is 0.0871. The van der Waals surface area contributed by atoms with E-state index in [4.69, 9.17) is 14.6 Å². The van der Waals surface area contributed by atoms with Gasteiger partial charge >= 0.3 is 6.09 Å².